The fraction of sp³-hybridized carbons (Fsp3) is 0.500. The van der Waals surface area contributed by atoms with Gasteiger partial charge in [0, 0.05) is 19.3 Å². The average molecular weight is 318 g/mol. The Kier molecular flexibility index (Phi) is 4.90. The van der Waals surface area contributed by atoms with Crippen LogP contribution in [0.1, 0.15) is 19.3 Å². The molecule has 118 valence electrons. The number of likely N-dealkylation sites (tertiary alicyclic amines) is 1. The van der Waals surface area contributed by atoms with E-state index in [1.54, 1.807) is 16.2 Å². The van der Waals surface area contributed by atoms with Crippen LogP contribution in [0.5, 0.6) is 0 Å². The molecule has 0 bridgehead atoms. The van der Waals surface area contributed by atoms with Crippen molar-refractivity contribution in [3.05, 3.63) is 23.7 Å². The molecule has 1 aromatic carbocycles. The van der Waals surface area contributed by atoms with Gasteiger partial charge in [-0.15, -0.1) is 11.3 Å². The lowest BCUT2D eigenvalue weighted by molar-refractivity contribution is 0.218. The first-order valence-electron chi connectivity index (χ1n) is 7.80. The molecular weight excluding hydrogens is 296 g/mol. The van der Waals surface area contributed by atoms with Gasteiger partial charge >= 0.3 is 6.03 Å². The van der Waals surface area contributed by atoms with Gasteiger partial charge < -0.3 is 15.1 Å². The number of carbonyl (C=O) groups excluding carboxylic acids is 1. The summed E-state index contributed by atoms with van der Waals surface area (Å²) >= 11 is 1.61. The monoisotopic (exact) mass is 318 g/mol. The minimum Gasteiger partial charge on any atom is -0.328 e. The normalized spacial score (nSPS) is 15.3. The molecule has 0 radical (unpaired) electrons. The van der Waals surface area contributed by atoms with Crippen LogP contribution in [-0.2, 0) is 0 Å². The number of nitrogens with zero attached hydrogens (tertiary/aromatic N) is 3. The van der Waals surface area contributed by atoms with Crippen molar-refractivity contribution < 1.29 is 4.79 Å². The van der Waals surface area contributed by atoms with E-state index >= 15 is 0 Å². The third kappa shape index (κ3) is 3.75. The van der Waals surface area contributed by atoms with E-state index in [1.807, 2.05) is 30.8 Å². The molecule has 0 aliphatic carbocycles. The number of carbonyl (C=O) groups is 1. The number of anilines is 1. The lowest BCUT2D eigenvalue weighted by atomic mass is 10.3. The summed E-state index contributed by atoms with van der Waals surface area (Å²) < 4.78 is 1.14. The highest BCUT2D eigenvalue weighted by Gasteiger charge is 2.13. The molecule has 1 N–H and O–H groups in total. The van der Waals surface area contributed by atoms with E-state index < -0.39 is 0 Å². The maximum absolute atomic E-state index is 12.2. The van der Waals surface area contributed by atoms with Gasteiger partial charge in [0.1, 0.15) is 0 Å². The van der Waals surface area contributed by atoms with Crippen LogP contribution in [0.15, 0.2) is 23.7 Å². The second-order valence-electron chi connectivity index (χ2n) is 5.79. The van der Waals surface area contributed by atoms with E-state index in [9.17, 15) is 4.79 Å². The quantitative estimate of drug-likeness (QED) is 0.920. The van der Waals surface area contributed by atoms with Gasteiger partial charge in [-0.25, -0.2) is 9.78 Å². The van der Waals surface area contributed by atoms with Crippen molar-refractivity contribution in [2.24, 2.45) is 0 Å². The van der Waals surface area contributed by atoms with Crippen molar-refractivity contribution in [2.75, 3.05) is 38.5 Å². The first kappa shape index (κ1) is 15.2. The highest BCUT2D eigenvalue weighted by atomic mass is 32.1. The topological polar surface area (TPSA) is 48.5 Å². The van der Waals surface area contributed by atoms with Gasteiger partial charge in [-0.05, 0) is 57.1 Å². The summed E-state index contributed by atoms with van der Waals surface area (Å²) in [5.41, 5.74) is 3.55. The van der Waals surface area contributed by atoms with E-state index in [0.29, 0.717) is 0 Å². The Morgan fingerprint density at radius 3 is 3.05 bits per heavy atom. The number of amides is 2. The van der Waals surface area contributed by atoms with Crippen LogP contribution in [-0.4, -0.2) is 54.0 Å². The lowest BCUT2D eigenvalue weighted by Gasteiger charge is -2.20. The van der Waals surface area contributed by atoms with Crippen LogP contribution in [0.2, 0.25) is 0 Å². The standard InChI is InChI=1S/C16H22N4OS/c1-19(7-4-10-20-8-2-3-9-20)16(21)18-13-5-6-15-14(11-13)17-12-22-15/h5-6,11-12H,2-4,7-10H2,1H3,(H,18,21). The molecule has 5 nitrogen and oxygen atoms in total. The third-order valence-electron chi connectivity index (χ3n) is 4.09. The second kappa shape index (κ2) is 7.07. The molecule has 2 aromatic rings. The van der Waals surface area contributed by atoms with E-state index in [1.165, 1.54) is 25.9 Å². The zero-order chi connectivity index (χ0) is 15.4. The predicted octanol–water partition coefficient (Wildman–Crippen LogP) is 3.25. The highest BCUT2D eigenvalue weighted by Crippen LogP contribution is 2.21. The van der Waals surface area contributed by atoms with E-state index in [0.717, 1.165) is 35.4 Å². The molecule has 1 aliphatic heterocycles. The van der Waals surface area contributed by atoms with E-state index in [-0.39, 0.29) is 6.03 Å². The van der Waals surface area contributed by atoms with Crippen LogP contribution in [0, 0.1) is 0 Å². The zero-order valence-electron chi connectivity index (χ0n) is 12.9. The fourth-order valence-corrected chi connectivity index (χ4v) is 3.45. The molecular formula is C16H22N4OS. The lowest BCUT2D eigenvalue weighted by Crippen LogP contribution is -2.34. The van der Waals surface area contributed by atoms with Gasteiger partial charge in [0.25, 0.3) is 0 Å². The van der Waals surface area contributed by atoms with Crippen molar-refractivity contribution in [2.45, 2.75) is 19.3 Å². The molecule has 0 atom stereocenters. The zero-order valence-corrected chi connectivity index (χ0v) is 13.7. The Hall–Kier alpha value is -1.66. The number of rotatable bonds is 5. The first-order chi connectivity index (χ1) is 10.7. The number of fused-ring (bicyclic) bond motifs is 1. The van der Waals surface area contributed by atoms with Gasteiger partial charge in [-0.2, -0.15) is 0 Å². The van der Waals surface area contributed by atoms with Crippen LogP contribution in [0.4, 0.5) is 10.5 Å². The number of benzene rings is 1. The smallest absolute Gasteiger partial charge is 0.321 e. The summed E-state index contributed by atoms with van der Waals surface area (Å²) in [6.07, 6.45) is 3.65. The fourth-order valence-electron chi connectivity index (χ4n) is 2.79. The molecule has 0 unspecified atom stereocenters. The number of hydrogen-bond acceptors (Lipinski definition) is 4. The van der Waals surface area contributed by atoms with Crippen LogP contribution in [0.25, 0.3) is 10.2 Å². The second-order valence-corrected chi connectivity index (χ2v) is 6.68. The Balaban J connectivity index is 1.47. The summed E-state index contributed by atoms with van der Waals surface area (Å²) in [4.78, 5) is 20.7. The third-order valence-corrected chi connectivity index (χ3v) is 4.90. The summed E-state index contributed by atoms with van der Waals surface area (Å²) in [6.45, 7) is 4.29. The number of urea groups is 1. The minimum absolute atomic E-state index is 0.0593. The molecule has 1 fully saturated rings. The average Bonchev–Trinajstić information content (AvgIpc) is 3.17. The molecule has 22 heavy (non-hydrogen) atoms. The highest BCUT2D eigenvalue weighted by molar-refractivity contribution is 7.16. The summed E-state index contributed by atoms with van der Waals surface area (Å²) in [5.74, 6) is 0. The molecule has 6 heteroatoms. The Morgan fingerprint density at radius 1 is 1.41 bits per heavy atom. The number of nitrogens with one attached hydrogen (secondary N) is 1. The van der Waals surface area contributed by atoms with Crippen LogP contribution < -0.4 is 5.32 Å². The Bertz CT molecular complexity index is 636. The van der Waals surface area contributed by atoms with E-state index in [2.05, 4.69) is 15.2 Å². The predicted molar refractivity (Wildman–Crippen MR) is 91.6 cm³/mol. The molecule has 1 aliphatic rings. The minimum atomic E-state index is -0.0593. The molecule has 2 amide bonds. The molecule has 0 spiro atoms. The van der Waals surface area contributed by atoms with Crippen molar-refractivity contribution in [1.29, 1.82) is 0 Å². The number of aromatic nitrogens is 1. The molecule has 1 aromatic heterocycles. The van der Waals surface area contributed by atoms with Gasteiger partial charge in [-0.1, -0.05) is 0 Å². The summed E-state index contributed by atoms with van der Waals surface area (Å²) in [6, 6.07) is 5.78. The van der Waals surface area contributed by atoms with E-state index in [4.69, 9.17) is 0 Å². The maximum Gasteiger partial charge on any atom is 0.321 e. The first-order valence-corrected chi connectivity index (χ1v) is 8.68. The van der Waals surface area contributed by atoms with Crippen molar-refractivity contribution >= 4 is 33.3 Å². The van der Waals surface area contributed by atoms with Gasteiger partial charge in [0.05, 0.1) is 15.7 Å². The van der Waals surface area contributed by atoms with Gasteiger partial charge in [0.15, 0.2) is 0 Å². The molecule has 2 heterocycles. The molecule has 1 saturated heterocycles. The van der Waals surface area contributed by atoms with Crippen molar-refractivity contribution in [3.8, 4) is 0 Å². The molecule has 3 rings (SSSR count). The largest absolute Gasteiger partial charge is 0.328 e. The Morgan fingerprint density at radius 2 is 2.23 bits per heavy atom. The van der Waals surface area contributed by atoms with Crippen LogP contribution in [0.3, 0.4) is 0 Å². The summed E-state index contributed by atoms with van der Waals surface area (Å²) in [7, 11) is 1.85. The number of thiazole rings is 1. The SMILES string of the molecule is CN(CCCN1CCCC1)C(=O)Nc1ccc2scnc2c1. The van der Waals surface area contributed by atoms with Crippen molar-refractivity contribution in [3.63, 3.8) is 0 Å². The van der Waals surface area contributed by atoms with Crippen molar-refractivity contribution in [1.82, 2.24) is 14.8 Å². The maximum atomic E-state index is 12.2. The number of hydrogen-bond donors (Lipinski definition) is 1. The molecule has 0 saturated carbocycles. The van der Waals surface area contributed by atoms with Gasteiger partial charge in [0.2, 0.25) is 0 Å². The summed E-state index contributed by atoms with van der Waals surface area (Å²) in [5, 5.41) is 2.94. The van der Waals surface area contributed by atoms with Crippen LogP contribution >= 0.6 is 11.3 Å². The Labute approximate surface area is 134 Å². The van der Waals surface area contributed by atoms with Gasteiger partial charge in [-0.3, -0.25) is 0 Å².